The minimum atomic E-state index is -0.535. The molecule has 1 aliphatic carbocycles. The molecule has 0 radical (unpaired) electrons. The van der Waals surface area contributed by atoms with Crippen LogP contribution in [0.15, 0.2) is 5.10 Å². The maximum absolute atomic E-state index is 12.2. The van der Waals surface area contributed by atoms with E-state index in [9.17, 15) is 9.59 Å². The Bertz CT molecular complexity index is 490. The summed E-state index contributed by atoms with van der Waals surface area (Å²) in [6, 6.07) is -0.248. The molecule has 1 unspecified atom stereocenters. The lowest BCUT2D eigenvalue weighted by atomic mass is 10.1. The van der Waals surface area contributed by atoms with Gasteiger partial charge in [0.2, 0.25) is 5.91 Å². The van der Waals surface area contributed by atoms with Crippen molar-refractivity contribution >= 4 is 17.7 Å². The molecule has 1 aliphatic heterocycles. The van der Waals surface area contributed by atoms with Crippen LogP contribution in [-0.2, 0) is 9.53 Å². The van der Waals surface area contributed by atoms with Gasteiger partial charge in [0.15, 0.2) is 0 Å². The zero-order chi connectivity index (χ0) is 17.2. The van der Waals surface area contributed by atoms with Crippen LogP contribution < -0.4 is 0 Å². The molecule has 0 spiro atoms. The van der Waals surface area contributed by atoms with E-state index >= 15 is 0 Å². The highest BCUT2D eigenvalue weighted by molar-refractivity contribution is 6.08. The molecule has 6 nitrogen and oxygen atoms in total. The Hall–Kier alpha value is -1.59. The first kappa shape index (κ1) is 17.8. The summed E-state index contributed by atoms with van der Waals surface area (Å²) in [5.74, 6) is 0.609. The van der Waals surface area contributed by atoms with Gasteiger partial charge in [0.05, 0.1) is 18.2 Å². The zero-order valence-corrected chi connectivity index (χ0v) is 15.0. The van der Waals surface area contributed by atoms with Crippen LogP contribution >= 0.6 is 0 Å². The molecule has 0 aromatic heterocycles. The molecule has 0 aromatic rings. The second kappa shape index (κ2) is 6.89. The number of hydrogen-bond acceptors (Lipinski definition) is 4. The Balaban J connectivity index is 1.96. The molecule has 2 amide bonds. The Morgan fingerprint density at radius 1 is 1.39 bits per heavy atom. The monoisotopic (exact) mass is 323 g/mol. The molecule has 0 aromatic carbocycles. The van der Waals surface area contributed by atoms with E-state index in [-0.39, 0.29) is 11.9 Å². The highest BCUT2D eigenvalue weighted by Gasteiger charge is 2.33. The maximum atomic E-state index is 12.2. The smallest absolute Gasteiger partial charge is 0.410 e. The van der Waals surface area contributed by atoms with Crippen LogP contribution in [0.5, 0.6) is 0 Å². The SMILES string of the molecule is CC(C1=NN(CC2CCCC2)C(=O)C1)N(C)C(=O)OC(C)(C)C. The van der Waals surface area contributed by atoms with Gasteiger partial charge in [0, 0.05) is 13.6 Å². The van der Waals surface area contributed by atoms with Gasteiger partial charge in [-0.05, 0) is 46.5 Å². The van der Waals surface area contributed by atoms with Crippen molar-refractivity contribution < 1.29 is 14.3 Å². The van der Waals surface area contributed by atoms with Crippen molar-refractivity contribution in [2.75, 3.05) is 13.6 Å². The molecule has 130 valence electrons. The first-order valence-corrected chi connectivity index (χ1v) is 8.51. The topological polar surface area (TPSA) is 62.2 Å². The van der Waals surface area contributed by atoms with Gasteiger partial charge in [-0.15, -0.1) is 0 Å². The molecule has 1 heterocycles. The summed E-state index contributed by atoms with van der Waals surface area (Å²) in [6.45, 7) is 8.11. The summed E-state index contributed by atoms with van der Waals surface area (Å²) in [5.41, 5.74) is 0.203. The Morgan fingerprint density at radius 2 is 2.00 bits per heavy atom. The fourth-order valence-corrected chi connectivity index (χ4v) is 3.02. The number of amides is 2. The lowest BCUT2D eigenvalue weighted by Gasteiger charge is -2.28. The van der Waals surface area contributed by atoms with Crippen molar-refractivity contribution in [3.8, 4) is 0 Å². The first-order valence-electron chi connectivity index (χ1n) is 8.51. The van der Waals surface area contributed by atoms with Gasteiger partial charge < -0.3 is 9.64 Å². The fraction of sp³-hybridized carbons (Fsp3) is 0.824. The molecule has 0 N–H and O–H groups in total. The molecular weight excluding hydrogens is 294 g/mol. The van der Waals surface area contributed by atoms with Gasteiger partial charge in [0.25, 0.3) is 0 Å². The maximum Gasteiger partial charge on any atom is 0.410 e. The molecule has 0 bridgehead atoms. The lowest BCUT2D eigenvalue weighted by Crippen LogP contribution is -2.43. The van der Waals surface area contributed by atoms with Gasteiger partial charge in [0.1, 0.15) is 5.60 Å². The molecule has 1 fully saturated rings. The highest BCUT2D eigenvalue weighted by Crippen LogP contribution is 2.27. The van der Waals surface area contributed by atoms with E-state index in [2.05, 4.69) is 5.10 Å². The fourth-order valence-electron chi connectivity index (χ4n) is 3.02. The number of ether oxygens (including phenoxy) is 1. The quantitative estimate of drug-likeness (QED) is 0.799. The van der Waals surface area contributed by atoms with Crippen LogP contribution in [0.4, 0.5) is 4.79 Å². The van der Waals surface area contributed by atoms with Crippen molar-refractivity contribution in [3.05, 3.63) is 0 Å². The number of hydrazone groups is 1. The van der Waals surface area contributed by atoms with Crippen molar-refractivity contribution in [2.24, 2.45) is 11.0 Å². The van der Waals surface area contributed by atoms with Crippen LogP contribution in [0, 0.1) is 5.92 Å². The average molecular weight is 323 g/mol. The third-order valence-corrected chi connectivity index (χ3v) is 4.52. The minimum absolute atomic E-state index is 0.0383. The van der Waals surface area contributed by atoms with Gasteiger partial charge >= 0.3 is 6.09 Å². The number of hydrogen-bond donors (Lipinski definition) is 0. The summed E-state index contributed by atoms with van der Waals surface area (Å²) in [4.78, 5) is 25.8. The van der Waals surface area contributed by atoms with Gasteiger partial charge in [-0.25, -0.2) is 9.80 Å². The average Bonchev–Trinajstić information content (AvgIpc) is 3.06. The van der Waals surface area contributed by atoms with Gasteiger partial charge in [-0.2, -0.15) is 5.10 Å². The molecule has 2 aliphatic rings. The minimum Gasteiger partial charge on any atom is -0.444 e. The largest absolute Gasteiger partial charge is 0.444 e. The van der Waals surface area contributed by atoms with E-state index in [0.717, 1.165) is 5.71 Å². The number of carbonyl (C=O) groups excluding carboxylic acids is 2. The molecule has 23 heavy (non-hydrogen) atoms. The second-order valence-electron chi connectivity index (χ2n) is 7.66. The predicted octanol–water partition coefficient (Wildman–Crippen LogP) is 3.02. The summed E-state index contributed by atoms with van der Waals surface area (Å²) < 4.78 is 5.37. The third kappa shape index (κ3) is 4.69. The van der Waals surface area contributed by atoms with E-state index in [1.165, 1.54) is 30.6 Å². The van der Waals surface area contributed by atoms with Crippen LogP contribution in [0.1, 0.15) is 59.8 Å². The standard InChI is InChI=1S/C17H29N3O3/c1-12(19(5)16(22)23-17(2,3)4)14-10-15(21)20(18-14)11-13-8-6-7-9-13/h12-13H,6-11H2,1-5H3. The Morgan fingerprint density at radius 3 is 2.57 bits per heavy atom. The number of rotatable bonds is 4. The van der Waals surface area contributed by atoms with E-state index in [1.54, 1.807) is 12.1 Å². The Labute approximate surface area is 138 Å². The molecule has 1 atom stereocenters. The number of nitrogens with zero attached hydrogens (tertiary/aromatic N) is 3. The van der Waals surface area contributed by atoms with Crippen LogP contribution in [-0.4, -0.2) is 52.9 Å². The van der Waals surface area contributed by atoms with Gasteiger partial charge in [-0.3, -0.25) is 4.79 Å². The summed E-state index contributed by atoms with van der Waals surface area (Å²) >= 11 is 0. The van der Waals surface area contributed by atoms with E-state index < -0.39 is 11.7 Å². The molecule has 0 saturated heterocycles. The van der Waals surface area contributed by atoms with E-state index in [4.69, 9.17) is 4.74 Å². The lowest BCUT2D eigenvalue weighted by molar-refractivity contribution is -0.129. The normalized spacial score (nSPS) is 20.7. The predicted molar refractivity (Wildman–Crippen MR) is 89.2 cm³/mol. The van der Waals surface area contributed by atoms with E-state index in [1.807, 2.05) is 27.7 Å². The van der Waals surface area contributed by atoms with Crippen molar-refractivity contribution in [2.45, 2.75) is 71.4 Å². The first-order chi connectivity index (χ1) is 10.7. The summed E-state index contributed by atoms with van der Waals surface area (Å²) in [5, 5.41) is 6.09. The molecule has 6 heteroatoms. The molecule has 1 saturated carbocycles. The van der Waals surface area contributed by atoms with Gasteiger partial charge in [-0.1, -0.05) is 12.8 Å². The van der Waals surface area contributed by atoms with Crippen LogP contribution in [0.3, 0.4) is 0 Å². The zero-order valence-electron chi connectivity index (χ0n) is 15.0. The van der Waals surface area contributed by atoms with Crippen LogP contribution in [0.25, 0.3) is 0 Å². The van der Waals surface area contributed by atoms with E-state index in [0.29, 0.717) is 18.9 Å². The van der Waals surface area contributed by atoms with Crippen LogP contribution in [0.2, 0.25) is 0 Å². The molecular formula is C17H29N3O3. The third-order valence-electron chi connectivity index (χ3n) is 4.52. The second-order valence-corrected chi connectivity index (χ2v) is 7.66. The van der Waals surface area contributed by atoms with Crippen molar-refractivity contribution in [3.63, 3.8) is 0 Å². The highest BCUT2D eigenvalue weighted by atomic mass is 16.6. The Kier molecular flexibility index (Phi) is 5.32. The van der Waals surface area contributed by atoms with Crippen molar-refractivity contribution in [1.82, 2.24) is 9.91 Å². The summed E-state index contributed by atoms with van der Waals surface area (Å²) in [6.07, 6.45) is 4.77. The number of carbonyl (C=O) groups is 2. The molecule has 2 rings (SSSR count). The van der Waals surface area contributed by atoms with Crippen molar-refractivity contribution in [1.29, 1.82) is 0 Å². The summed E-state index contributed by atoms with van der Waals surface area (Å²) in [7, 11) is 1.69.